The maximum atomic E-state index is 6.36. The first kappa shape index (κ1) is 17.6. The fraction of sp³-hybridized carbons (Fsp3) is 0.0833. The molecule has 5 rings (SSSR count). The van der Waals surface area contributed by atoms with Crippen LogP contribution in [0.5, 0.6) is 5.75 Å². The number of benzene rings is 4. The van der Waals surface area contributed by atoms with Crippen molar-refractivity contribution in [2.75, 3.05) is 0 Å². The Kier molecular flexibility index (Phi) is 4.48. The van der Waals surface area contributed by atoms with E-state index in [1.165, 1.54) is 16.3 Å². The molecule has 138 valence electrons. The maximum Gasteiger partial charge on any atom is 0.177 e. The third-order valence-corrected chi connectivity index (χ3v) is 5.90. The molecule has 4 aromatic rings. The smallest absolute Gasteiger partial charge is 0.177 e. The van der Waals surface area contributed by atoms with E-state index in [9.17, 15) is 0 Å². The van der Waals surface area contributed by atoms with Gasteiger partial charge < -0.3 is 4.74 Å². The minimum atomic E-state index is -0.325. The molecule has 0 fully saturated rings. The van der Waals surface area contributed by atoms with Gasteiger partial charge in [0.05, 0.1) is 16.1 Å². The molecule has 4 heteroatoms. The highest BCUT2D eigenvalue weighted by Gasteiger charge is 2.31. The van der Waals surface area contributed by atoms with Crippen molar-refractivity contribution in [3.63, 3.8) is 0 Å². The van der Waals surface area contributed by atoms with Gasteiger partial charge in [-0.05, 0) is 34.5 Å². The van der Waals surface area contributed by atoms with Crippen LogP contribution < -0.4 is 10.1 Å². The summed E-state index contributed by atoms with van der Waals surface area (Å²) in [7, 11) is 0. The number of ether oxygens (including phenoxy) is 1. The summed E-state index contributed by atoms with van der Waals surface area (Å²) < 4.78 is 6.36. The number of nitrogens with one attached hydrogen (secondary N) is 1. The highest BCUT2D eigenvalue weighted by molar-refractivity contribution is 6.42. The molecule has 1 aliphatic heterocycles. The lowest BCUT2D eigenvalue weighted by atomic mass is 9.91. The quantitative estimate of drug-likeness (QED) is 0.390. The lowest BCUT2D eigenvalue weighted by Gasteiger charge is -2.35. The molecule has 1 aliphatic rings. The number of hydrogen-bond acceptors (Lipinski definition) is 2. The van der Waals surface area contributed by atoms with Gasteiger partial charge in [0.1, 0.15) is 5.75 Å². The van der Waals surface area contributed by atoms with Gasteiger partial charge in [-0.3, -0.25) is 5.32 Å². The average Bonchev–Trinajstić information content (AvgIpc) is 2.75. The van der Waals surface area contributed by atoms with E-state index in [4.69, 9.17) is 27.9 Å². The van der Waals surface area contributed by atoms with E-state index in [0.717, 1.165) is 16.9 Å². The number of halogens is 2. The Bertz CT molecular complexity index is 1160. The fourth-order valence-electron chi connectivity index (χ4n) is 3.82. The van der Waals surface area contributed by atoms with Crippen molar-refractivity contribution in [1.82, 2.24) is 5.32 Å². The predicted molar refractivity (Wildman–Crippen MR) is 115 cm³/mol. The first-order chi connectivity index (χ1) is 13.7. The zero-order chi connectivity index (χ0) is 19.1. The van der Waals surface area contributed by atoms with Gasteiger partial charge >= 0.3 is 0 Å². The summed E-state index contributed by atoms with van der Waals surface area (Å²) >= 11 is 12.3. The number of fused-ring (bicyclic) bond motifs is 3. The topological polar surface area (TPSA) is 21.3 Å². The second-order valence-corrected chi connectivity index (χ2v) is 7.69. The molecular formula is C24H17Cl2NO. The summed E-state index contributed by atoms with van der Waals surface area (Å²) in [5.74, 6) is 0.877. The van der Waals surface area contributed by atoms with Crippen LogP contribution in [0.25, 0.3) is 10.8 Å². The minimum Gasteiger partial charge on any atom is -0.471 e. The fourth-order valence-corrected chi connectivity index (χ4v) is 4.13. The largest absolute Gasteiger partial charge is 0.471 e. The van der Waals surface area contributed by atoms with Crippen LogP contribution in [-0.2, 0) is 0 Å². The molecule has 28 heavy (non-hydrogen) atoms. The van der Waals surface area contributed by atoms with E-state index in [1.54, 1.807) is 6.07 Å². The Labute approximate surface area is 173 Å². The normalized spacial score (nSPS) is 18.5. The Balaban J connectivity index is 1.68. The molecule has 4 aromatic carbocycles. The summed E-state index contributed by atoms with van der Waals surface area (Å²) in [4.78, 5) is 0. The van der Waals surface area contributed by atoms with Gasteiger partial charge in [-0.15, -0.1) is 0 Å². The summed E-state index contributed by atoms with van der Waals surface area (Å²) in [6.45, 7) is 0. The maximum absolute atomic E-state index is 6.36. The lowest BCUT2D eigenvalue weighted by Crippen LogP contribution is -2.35. The van der Waals surface area contributed by atoms with Crippen molar-refractivity contribution in [2.24, 2.45) is 0 Å². The van der Waals surface area contributed by atoms with Crippen molar-refractivity contribution in [2.45, 2.75) is 12.3 Å². The molecule has 0 amide bonds. The Hall–Kier alpha value is -2.52. The highest BCUT2D eigenvalue weighted by atomic mass is 35.5. The first-order valence-corrected chi connectivity index (χ1v) is 9.90. The summed E-state index contributed by atoms with van der Waals surface area (Å²) in [6, 6.07) is 28.6. The number of hydrogen-bond donors (Lipinski definition) is 1. The van der Waals surface area contributed by atoms with Crippen LogP contribution in [0.3, 0.4) is 0 Å². The molecule has 0 saturated carbocycles. The lowest BCUT2D eigenvalue weighted by molar-refractivity contribution is 0.134. The third-order valence-electron chi connectivity index (χ3n) is 5.16. The van der Waals surface area contributed by atoms with Crippen molar-refractivity contribution in [3.8, 4) is 5.75 Å². The SMILES string of the molecule is Clc1ccc([C@H]2N[C@H](c3ccccc3)c3c(ccc4ccccc34)O2)cc1Cl. The Morgan fingerprint density at radius 2 is 1.50 bits per heavy atom. The molecule has 1 heterocycles. The van der Waals surface area contributed by atoms with Crippen molar-refractivity contribution < 1.29 is 4.74 Å². The van der Waals surface area contributed by atoms with Crippen LogP contribution in [0, 0.1) is 0 Å². The molecule has 0 spiro atoms. The van der Waals surface area contributed by atoms with Crippen LogP contribution in [0.1, 0.15) is 29.0 Å². The van der Waals surface area contributed by atoms with Gasteiger partial charge in [0.25, 0.3) is 0 Å². The summed E-state index contributed by atoms with van der Waals surface area (Å²) in [5, 5.41) is 7.09. The van der Waals surface area contributed by atoms with Crippen molar-refractivity contribution >= 4 is 34.0 Å². The minimum absolute atomic E-state index is 0.00416. The number of rotatable bonds is 2. The summed E-state index contributed by atoms with van der Waals surface area (Å²) in [5.41, 5.74) is 3.28. The highest BCUT2D eigenvalue weighted by Crippen LogP contribution is 2.43. The van der Waals surface area contributed by atoms with Gasteiger partial charge in [0, 0.05) is 11.1 Å². The van der Waals surface area contributed by atoms with Crippen LogP contribution in [0.2, 0.25) is 10.0 Å². The zero-order valence-electron chi connectivity index (χ0n) is 14.9. The van der Waals surface area contributed by atoms with E-state index < -0.39 is 0 Å². The molecule has 2 nitrogen and oxygen atoms in total. The van der Waals surface area contributed by atoms with E-state index in [-0.39, 0.29) is 12.3 Å². The van der Waals surface area contributed by atoms with E-state index in [1.807, 2.05) is 18.2 Å². The summed E-state index contributed by atoms with van der Waals surface area (Å²) in [6.07, 6.45) is -0.325. The van der Waals surface area contributed by atoms with Crippen LogP contribution in [-0.4, -0.2) is 0 Å². The molecule has 2 atom stereocenters. The second-order valence-electron chi connectivity index (χ2n) is 6.88. The van der Waals surface area contributed by atoms with Crippen LogP contribution in [0.4, 0.5) is 0 Å². The third kappa shape index (κ3) is 3.04. The van der Waals surface area contributed by atoms with Gasteiger partial charge in [0.15, 0.2) is 6.23 Å². The zero-order valence-corrected chi connectivity index (χ0v) is 16.4. The second kappa shape index (κ2) is 7.14. The van der Waals surface area contributed by atoms with Gasteiger partial charge in [-0.25, -0.2) is 0 Å². The van der Waals surface area contributed by atoms with E-state index in [0.29, 0.717) is 10.0 Å². The van der Waals surface area contributed by atoms with E-state index >= 15 is 0 Å². The monoisotopic (exact) mass is 405 g/mol. The van der Waals surface area contributed by atoms with Crippen LogP contribution >= 0.6 is 23.2 Å². The average molecular weight is 406 g/mol. The molecule has 0 radical (unpaired) electrons. The molecule has 1 N–H and O–H groups in total. The molecule has 0 saturated heterocycles. The molecular weight excluding hydrogens is 389 g/mol. The van der Waals surface area contributed by atoms with Crippen molar-refractivity contribution in [1.29, 1.82) is 0 Å². The van der Waals surface area contributed by atoms with Crippen molar-refractivity contribution in [3.05, 3.63) is 112 Å². The van der Waals surface area contributed by atoms with Gasteiger partial charge in [-0.2, -0.15) is 0 Å². The first-order valence-electron chi connectivity index (χ1n) is 9.15. The van der Waals surface area contributed by atoms with Gasteiger partial charge in [-0.1, -0.05) is 89.9 Å². The molecule has 0 aliphatic carbocycles. The van der Waals surface area contributed by atoms with Gasteiger partial charge in [0.2, 0.25) is 0 Å². The molecule has 0 aromatic heterocycles. The molecule has 0 unspecified atom stereocenters. The molecule has 0 bridgehead atoms. The Morgan fingerprint density at radius 1 is 0.714 bits per heavy atom. The standard InChI is InChI=1S/C24H17Cl2NO/c25-19-12-10-17(14-20(19)26)24-27-23(16-7-2-1-3-8-16)22-18-9-5-4-6-15(18)11-13-21(22)28-24/h1-14,23-24,27H/t23-,24+/m1/s1. The van der Waals surface area contributed by atoms with Crippen LogP contribution in [0.15, 0.2) is 84.9 Å². The predicted octanol–water partition coefficient (Wildman–Crippen LogP) is 6.92. The Morgan fingerprint density at radius 3 is 2.32 bits per heavy atom. The van der Waals surface area contributed by atoms with E-state index in [2.05, 4.69) is 66.0 Å².